The first-order chi connectivity index (χ1) is 15.2. The molecule has 1 aromatic rings. The Hall–Kier alpha value is -2.36. The van der Waals surface area contributed by atoms with Gasteiger partial charge in [0.1, 0.15) is 5.70 Å². The second-order valence-electron chi connectivity index (χ2n) is 8.91. The van der Waals surface area contributed by atoms with Gasteiger partial charge in [0.15, 0.2) is 0 Å². The van der Waals surface area contributed by atoms with Crippen molar-refractivity contribution >= 4 is 29.5 Å². The number of aryl methyl sites for hydroxylation is 1. The van der Waals surface area contributed by atoms with Gasteiger partial charge >= 0.3 is 5.97 Å². The van der Waals surface area contributed by atoms with Crippen molar-refractivity contribution in [1.29, 1.82) is 0 Å². The lowest BCUT2D eigenvalue weighted by molar-refractivity contribution is -0.163. The lowest BCUT2D eigenvalue weighted by Gasteiger charge is -2.46. The Balaban J connectivity index is 1.38. The minimum Gasteiger partial charge on any atom is -0.477 e. The summed E-state index contributed by atoms with van der Waals surface area (Å²) in [6.07, 6.45) is -0.244. The SMILES string of the molecule is Cc1ccc(CNC(=O)[C@@H]2C[C@H](SC3=C(C(=O)O)N4C(=O)[C@H]([C@@H](C)O)[C@H]4[C@H]3C)CN2)cc1. The van der Waals surface area contributed by atoms with Crippen molar-refractivity contribution in [2.75, 3.05) is 6.54 Å². The number of nitrogens with zero attached hydrogens (tertiary/aromatic N) is 1. The van der Waals surface area contributed by atoms with Crippen molar-refractivity contribution in [2.45, 2.75) is 57.2 Å². The van der Waals surface area contributed by atoms with Gasteiger partial charge in [-0.15, -0.1) is 11.8 Å². The molecule has 1 aromatic carbocycles. The smallest absolute Gasteiger partial charge is 0.353 e. The zero-order valence-corrected chi connectivity index (χ0v) is 19.2. The van der Waals surface area contributed by atoms with E-state index in [2.05, 4.69) is 10.6 Å². The molecular weight excluding hydrogens is 430 g/mol. The molecule has 0 unspecified atom stereocenters. The molecule has 4 N–H and O–H groups in total. The van der Waals surface area contributed by atoms with Gasteiger partial charge in [-0.2, -0.15) is 0 Å². The Morgan fingerprint density at radius 2 is 2.00 bits per heavy atom. The Kier molecular flexibility index (Phi) is 6.33. The van der Waals surface area contributed by atoms with Gasteiger partial charge in [0.05, 0.1) is 24.1 Å². The molecule has 0 aliphatic carbocycles. The summed E-state index contributed by atoms with van der Waals surface area (Å²) in [5.41, 5.74) is 2.23. The predicted molar refractivity (Wildman–Crippen MR) is 120 cm³/mol. The molecule has 3 heterocycles. The zero-order chi connectivity index (χ0) is 23.2. The number of amides is 2. The number of rotatable bonds is 7. The first-order valence-electron chi connectivity index (χ1n) is 10.9. The summed E-state index contributed by atoms with van der Waals surface area (Å²) in [6.45, 7) is 6.53. The lowest BCUT2D eigenvalue weighted by atomic mass is 9.79. The summed E-state index contributed by atoms with van der Waals surface area (Å²) in [5, 5.41) is 26.0. The number of aliphatic hydroxyl groups is 1. The zero-order valence-electron chi connectivity index (χ0n) is 18.4. The van der Waals surface area contributed by atoms with Gasteiger partial charge in [0.25, 0.3) is 0 Å². The third-order valence-electron chi connectivity index (χ3n) is 6.60. The van der Waals surface area contributed by atoms with Crippen LogP contribution < -0.4 is 10.6 Å². The van der Waals surface area contributed by atoms with E-state index in [-0.39, 0.29) is 40.8 Å². The third kappa shape index (κ3) is 4.04. The number of aliphatic hydroxyl groups excluding tert-OH is 1. The third-order valence-corrected chi connectivity index (χ3v) is 8.11. The molecule has 0 saturated carbocycles. The molecule has 172 valence electrons. The van der Waals surface area contributed by atoms with Gasteiger partial charge in [-0.3, -0.25) is 9.59 Å². The number of hydrogen-bond donors (Lipinski definition) is 4. The van der Waals surface area contributed by atoms with Crippen molar-refractivity contribution in [3.63, 3.8) is 0 Å². The summed E-state index contributed by atoms with van der Waals surface area (Å²) in [7, 11) is 0. The van der Waals surface area contributed by atoms with Crippen molar-refractivity contribution in [1.82, 2.24) is 15.5 Å². The van der Waals surface area contributed by atoms with Gasteiger partial charge in [0, 0.05) is 29.2 Å². The molecular formula is C23H29N3O5S. The second kappa shape index (κ2) is 8.88. The number of nitrogens with one attached hydrogen (secondary N) is 2. The number of fused-ring (bicyclic) bond motifs is 1. The molecule has 3 aliphatic rings. The number of hydrogen-bond acceptors (Lipinski definition) is 6. The van der Waals surface area contributed by atoms with Crippen molar-refractivity contribution in [3.05, 3.63) is 46.0 Å². The number of carbonyl (C=O) groups is 3. The van der Waals surface area contributed by atoms with Crippen LogP contribution in [0.1, 0.15) is 31.4 Å². The summed E-state index contributed by atoms with van der Waals surface area (Å²) >= 11 is 1.44. The van der Waals surface area contributed by atoms with E-state index in [1.807, 2.05) is 38.1 Å². The highest BCUT2D eigenvalue weighted by molar-refractivity contribution is 8.03. The fraction of sp³-hybridized carbons (Fsp3) is 0.522. The van der Waals surface area contributed by atoms with E-state index >= 15 is 0 Å². The maximum absolute atomic E-state index is 12.6. The van der Waals surface area contributed by atoms with E-state index in [0.29, 0.717) is 24.4 Å². The fourth-order valence-electron chi connectivity index (χ4n) is 4.87. The lowest BCUT2D eigenvalue weighted by Crippen LogP contribution is -2.63. The van der Waals surface area contributed by atoms with Crippen molar-refractivity contribution < 1.29 is 24.6 Å². The highest BCUT2D eigenvalue weighted by Crippen LogP contribution is 2.51. The van der Waals surface area contributed by atoms with Crippen LogP contribution in [0.4, 0.5) is 0 Å². The van der Waals surface area contributed by atoms with Crippen LogP contribution in [0.15, 0.2) is 34.9 Å². The highest BCUT2D eigenvalue weighted by atomic mass is 32.2. The number of carboxylic acid groups (broad SMARTS) is 1. The summed E-state index contributed by atoms with van der Waals surface area (Å²) in [6, 6.07) is 7.33. The molecule has 8 nitrogen and oxygen atoms in total. The van der Waals surface area contributed by atoms with E-state index in [4.69, 9.17) is 0 Å². The van der Waals surface area contributed by atoms with Gasteiger partial charge in [-0.25, -0.2) is 4.79 Å². The number of carbonyl (C=O) groups excluding carboxylic acids is 2. The maximum atomic E-state index is 12.6. The van der Waals surface area contributed by atoms with E-state index in [1.54, 1.807) is 6.92 Å². The number of thioether (sulfide) groups is 1. The standard InChI is InChI=1S/C23H29N3O5S/c1-11-4-6-14(7-5-11)9-25-21(28)16-8-15(10-24-16)32-20-12(2)18-17(13(3)27)22(29)26(18)19(20)23(30)31/h4-7,12-13,15-18,24,27H,8-10H2,1-3H3,(H,25,28)(H,30,31)/t12-,13-,15+,16+,17-,18-/m1/s1. The Labute approximate surface area is 191 Å². The Bertz CT molecular complexity index is 961. The fourth-order valence-corrected chi connectivity index (χ4v) is 6.35. The van der Waals surface area contributed by atoms with E-state index in [1.165, 1.54) is 22.2 Å². The first-order valence-corrected chi connectivity index (χ1v) is 11.8. The average molecular weight is 460 g/mol. The molecule has 2 saturated heterocycles. The van der Waals surface area contributed by atoms with Gasteiger partial charge < -0.3 is 25.7 Å². The molecule has 4 rings (SSSR count). The maximum Gasteiger partial charge on any atom is 0.353 e. The van der Waals surface area contributed by atoms with Gasteiger partial charge in [0.2, 0.25) is 11.8 Å². The molecule has 9 heteroatoms. The molecule has 2 amide bonds. The largest absolute Gasteiger partial charge is 0.477 e. The number of aliphatic carboxylic acids is 1. The summed E-state index contributed by atoms with van der Waals surface area (Å²) < 4.78 is 0. The molecule has 0 aromatic heterocycles. The van der Waals surface area contributed by atoms with Crippen LogP contribution in [0.5, 0.6) is 0 Å². The molecule has 0 spiro atoms. The van der Waals surface area contributed by atoms with Crippen molar-refractivity contribution in [3.8, 4) is 0 Å². The minimum atomic E-state index is -1.13. The quantitative estimate of drug-likeness (QED) is 0.453. The first kappa shape index (κ1) is 22.8. The topological polar surface area (TPSA) is 119 Å². The molecule has 0 bridgehead atoms. The van der Waals surface area contributed by atoms with Crippen LogP contribution in [0, 0.1) is 18.8 Å². The molecule has 32 heavy (non-hydrogen) atoms. The average Bonchev–Trinajstić information content (AvgIpc) is 3.29. The Morgan fingerprint density at radius 3 is 2.62 bits per heavy atom. The van der Waals surface area contributed by atoms with E-state index in [0.717, 1.165) is 5.56 Å². The van der Waals surface area contributed by atoms with Gasteiger partial charge in [-0.1, -0.05) is 36.8 Å². The minimum absolute atomic E-state index is 0.0238. The van der Waals surface area contributed by atoms with E-state index < -0.39 is 18.0 Å². The van der Waals surface area contributed by atoms with E-state index in [9.17, 15) is 24.6 Å². The number of carboxylic acids is 1. The number of benzene rings is 1. The van der Waals surface area contributed by atoms with Crippen molar-refractivity contribution in [2.24, 2.45) is 11.8 Å². The normalized spacial score (nSPS) is 30.2. The van der Waals surface area contributed by atoms with Crippen LogP contribution in [-0.2, 0) is 20.9 Å². The molecule has 0 radical (unpaired) electrons. The van der Waals surface area contributed by atoms with Crippen LogP contribution in [0.2, 0.25) is 0 Å². The summed E-state index contributed by atoms with van der Waals surface area (Å²) in [5.74, 6) is -2.27. The number of β-lactam (4-membered cyclic amide) rings is 1. The molecule has 6 atom stereocenters. The van der Waals surface area contributed by atoms with Crippen LogP contribution in [0.3, 0.4) is 0 Å². The Morgan fingerprint density at radius 1 is 1.31 bits per heavy atom. The highest BCUT2D eigenvalue weighted by Gasteiger charge is 2.60. The monoisotopic (exact) mass is 459 g/mol. The van der Waals surface area contributed by atoms with Crippen LogP contribution >= 0.6 is 11.8 Å². The van der Waals surface area contributed by atoms with Crippen LogP contribution in [0.25, 0.3) is 0 Å². The van der Waals surface area contributed by atoms with Gasteiger partial charge in [-0.05, 0) is 25.8 Å². The summed E-state index contributed by atoms with van der Waals surface area (Å²) in [4.78, 5) is 39.0. The van der Waals surface area contributed by atoms with Crippen LogP contribution in [-0.4, -0.2) is 62.9 Å². The molecule has 3 aliphatic heterocycles. The predicted octanol–water partition coefficient (Wildman–Crippen LogP) is 1.23. The molecule has 2 fully saturated rings. The second-order valence-corrected chi connectivity index (χ2v) is 10.3.